The molecule has 3 aromatic rings. The van der Waals surface area contributed by atoms with Gasteiger partial charge in [-0.3, -0.25) is 0 Å². The summed E-state index contributed by atoms with van der Waals surface area (Å²) in [6, 6.07) is 31.7. The Bertz CT molecular complexity index is 793. The molecule has 3 aromatic carbocycles. The molecule has 0 fully saturated rings. The lowest BCUT2D eigenvalue weighted by molar-refractivity contribution is 0.00704. The van der Waals surface area contributed by atoms with Crippen LogP contribution in [0.3, 0.4) is 0 Å². The molecule has 0 unspecified atom stereocenters. The maximum Gasteiger partial charge on any atom is 0.143 e. The summed E-state index contributed by atoms with van der Waals surface area (Å²) < 4.78 is 6.81. The molecule has 0 spiro atoms. The summed E-state index contributed by atoms with van der Waals surface area (Å²) >= 11 is 0. The van der Waals surface area contributed by atoms with Gasteiger partial charge in [0.15, 0.2) is 0 Å². The first-order chi connectivity index (χ1) is 13.8. The summed E-state index contributed by atoms with van der Waals surface area (Å²) in [4.78, 5) is 0. The number of ether oxygens (including phenoxy) is 1. The number of rotatable bonds is 7. The molecule has 0 aliphatic heterocycles. The van der Waals surface area contributed by atoms with Crippen molar-refractivity contribution in [3.05, 3.63) is 120 Å². The van der Waals surface area contributed by atoms with E-state index in [0.29, 0.717) is 12.5 Å². The second kappa shape index (κ2) is 8.55. The van der Waals surface area contributed by atoms with Crippen LogP contribution in [0.15, 0.2) is 103 Å². The summed E-state index contributed by atoms with van der Waals surface area (Å²) in [5.41, 5.74) is 9.01. The molecule has 0 amide bonds. The zero-order chi connectivity index (χ0) is 19.2. The largest absolute Gasteiger partial charge is 0.361 e. The van der Waals surface area contributed by atoms with Gasteiger partial charge in [-0.1, -0.05) is 103 Å². The summed E-state index contributed by atoms with van der Waals surface area (Å²) in [6.45, 7) is 0.640. The van der Waals surface area contributed by atoms with Gasteiger partial charge in [0.05, 0.1) is 0 Å². The summed E-state index contributed by atoms with van der Waals surface area (Å²) in [6.07, 6.45) is 6.31. The highest BCUT2D eigenvalue weighted by molar-refractivity contribution is 5.47. The van der Waals surface area contributed by atoms with Crippen molar-refractivity contribution in [1.29, 1.82) is 0 Å². The van der Waals surface area contributed by atoms with Crippen LogP contribution in [0.5, 0.6) is 0 Å². The van der Waals surface area contributed by atoms with E-state index in [4.69, 9.17) is 10.5 Å². The maximum absolute atomic E-state index is 6.81. The van der Waals surface area contributed by atoms with E-state index < -0.39 is 5.60 Å². The van der Waals surface area contributed by atoms with Crippen molar-refractivity contribution in [2.24, 2.45) is 11.7 Å². The Kier molecular flexibility index (Phi) is 5.70. The van der Waals surface area contributed by atoms with Crippen LogP contribution in [0, 0.1) is 5.92 Å². The van der Waals surface area contributed by atoms with Crippen LogP contribution < -0.4 is 5.73 Å². The van der Waals surface area contributed by atoms with Crippen LogP contribution in [0.25, 0.3) is 0 Å². The molecule has 0 heterocycles. The van der Waals surface area contributed by atoms with E-state index in [1.807, 2.05) is 18.2 Å². The molecule has 1 aliphatic carbocycles. The van der Waals surface area contributed by atoms with Crippen LogP contribution in [0.4, 0.5) is 0 Å². The lowest BCUT2D eigenvalue weighted by Gasteiger charge is -2.36. The zero-order valence-corrected chi connectivity index (χ0v) is 16.1. The van der Waals surface area contributed by atoms with Gasteiger partial charge in [-0.2, -0.15) is 0 Å². The molecule has 1 aliphatic rings. The Balaban J connectivity index is 1.75. The Labute approximate surface area is 167 Å². The maximum atomic E-state index is 6.81. The molecule has 0 saturated heterocycles. The first kappa shape index (κ1) is 18.7. The van der Waals surface area contributed by atoms with Crippen molar-refractivity contribution >= 4 is 0 Å². The lowest BCUT2D eigenvalue weighted by Crippen LogP contribution is -2.34. The van der Waals surface area contributed by atoms with Gasteiger partial charge in [-0.05, 0) is 35.4 Å². The molecule has 0 saturated carbocycles. The Hall–Kier alpha value is -2.68. The van der Waals surface area contributed by atoms with E-state index in [-0.39, 0.29) is 6.04 Å². The fourth-order valence-electron chi connectivity index (χ4n) is 4.15. The van der Waals surface area contributed by atoms with Crippen molar-refractivity contribution in [3.8, 4) is 0 Å². The van der Waals surface area contributed by atoms with Crippen molar-refractivity contribution in [3.63, 3.8) is 0 Å². The van der Waals surface area contributed by atoms with Crippen LogP contribution >= 0.6 is 0 Å². The minimum atomic E-state index is -0.643. The molecule has 28 heavy (non-hydrogen) atoms. The summed E-state index contributed by atoms with van der Waals surface area (Å²) in [5.74, 6) is 0.389. The quantitative estimate of drug-likeness (QED) is 0.454. The van der Waals surface area contributed by atoms with E-state index in [2.05, 4.69) is 84.9 Å². The van der Waals surface area contributed by atoms with Gasteiger partial charge in [0, 0.05) is 12.6 Å². The molecule has 2 N–H and O–H groups in total. The second-order valence-electron chi connectivity index (χ2n) is 7.41. The molecule has 142 valence electrons. The number of hydrogen-bond donors (Lipinski definition) is 1. The molecule has 0 aromatic heterocycles. The van der Waals surface area contributed by atoms with Gasteiger partial charge in [-0.15, -0.1) is 0 Å². The van der Waals surface area contributed by atoms with Crippen LogP contribution in [0.1, 0.15) is 29.5 Å². The number of benzene rings is 3. The van der Waals surface area contributed by atoms with E-state index in [9.17, 15) is 0 Å². The standard InChI is InChI=1S/C26H27NO/c27-25-18-10-11-21(25)19-20-28-26(22-12-4-1-5-13-22,23-14-6-2-7-15-23)24-16-8-3-9-17-24/h1-17,21,25H,18-20,27H2/t21-,25+/m0/s1. The number of hydrogen-bond acceptors (Lipinski definition) is 2. The first-order valence-electron chi connectivity index (χ1n) is 10.0. The number of nitrogens with two attached hydrogens (primary N) is 1. The highest BCUT2D eigenvalue weighted by Crippen LogP contribution is 2.40. The fraction of sp³-hybridized carbons (Fsp3) is 0.231. The summed E-state index contributed by atoms with van der Waals surface area (Å²) in [5, 5.41) is 0. The lowest BCUT2D eigenvalue weighted by atomic mass is 9.80. The molecule has 2 atom stereocenters. The summed E-state index contributed by atoms with van der Waals surface area (Å²) in [7, 11) is 0. The molecular formula is C26H27NO. The van der Waals surface area contributed by atoms with E-state index >= 15 is 0 Å². The van der Waals surface area contributed by atoms with Crippen molar-refractivity contribution in [2.45, 2.75) is 24.5 Å². The molecule has 4 rings (SSSR count). The Morgan fingerprint density at radius 1 is 0.750 bits per heavy atom. The first-order valence-corrected chi connectivity index (χ1v) is 10.0. The van der Waals surface area contributed by atoms with E-state index in [1.165, 1.54) is 0 Å². The normalized spacial score (nSPS) is 19.0. The van der Waals surface area contributed by atoms with Gasteiger partial charge in [0.25, 0.3) is 0 Å². The van der Waals surface area contributed by atoms with Gasteiger partial charge in [-0.25, -0.2) is 0 Å². The van der Waals surface area contributed by atoms with Gasteiger partial charge < -0.3 is 10.5 Å². The highest BCUT2D eigenvalue weighted by atomic mass is 16.5. The van der Waals surface area contributed by atoms with Gasteiger partial charge in [0.1, 0.15) is 5.60 Å². The fourth-order valence-corrected chi connectivity index (χ4v) is 4.15. The molecule has 0 radical (unpaired) electrons. The minimum absolute atomic E-state index is 0.211. The Morgan fingerprint density at radius 3 is 1.61 bits per heavy atom. The Morgan fingerprint density at radius 2 is 1.21 bits per heavy atom. The van der Waals surface area contributed by atoms with E-state index in [1.54, 1.807) is 0 Å². The third-order valence-corrected chi connectivity index (χ3v) is 5.65. The third-order valence-electron chi connectivity index (χ3n) is 5.65. The monoisotopic (exact) mass is 369 g/mol. The van der Waals surface area contributed by atoms with Crippen LogP contribution in [-0.4, -0.2) is 12.6 Å². The topological polar surface area (TPSA) is 35.2 Å². The highest BCUT2D eigenvalue weighted by Gasteiger charge is 2.37. The van der Waals surface area contributed by atoms with Crippen molar-refractivity contribution < 1.29 is 4.74 Å². The van der Waals surface area contributed by atoms with E-state index in [0.717, 1.165) is 29.5 Å². The predicted molar refractivity (Wildman–Crippen MR) is 115 cm³/mol. The molecule has 2 heteroatoms. The molecule has 2 nitrogen and oxygen atoms in total. The van der Waals surface area contributed by atoms with Crippen molar-refractivity contribution in [2.75, 3.05) is 6.61 Å². The average molecular weight is 370 g/mol. The van der Waals surface area contributed by atoms with Gasteiger partial charge >= 0.3 is 0 Å². The van der Waals surface area contributed by atoms with Crippen molar-refractivity contribution in [1.82, 2.24) is 0 Å². The molecular weight excluding hydrogens is 342 g/mol. The average Bonchev–Trinajstić information content (AvgIpc) is 3.18. The second-order valence-corrected chi connectivity index (χ2v) is 7.41. The van der Waals surface area contributed by atoms with Crippen LogP contribution in [-0.2, 0) is 10.3 Å². The third kappa shape index (κ3) is 3.66. The van der Waals surface area contributed by atoms with Crippen LogP contribution in [0.2, 0.25) is 0 Å². The zero-order valence-electron chi connectivity index (χ0n) is 16.1. The van der Waals surface area contributed by atoms with Gasteiger partial charge in [0.2, 0.25) is 0 Å². The SMILES string of the molecule is N[C@@H]1CC=C[C@H]1CCOC(c1ccccc1)(c1ccccc1)c1ccccc1. The predicted octanol–water partition coefficient (Wildman–Crippen LogP) is 5.29. The minimum Gasteiger partial charge on any atom is -0.361 e. The smallest absolute Gasteiger partial charge is 0.143 e. The molecule has 0 bridgehead atoms.